The van der Waals surface area contributed by atoms with E-state index in [0.29, 0.717) is 12.0 Å². The maximum absolute atomic E-state index is 13.1. The number of ether oxygens (including phenoxy) is 2. The van der Waals surface area contributed by atoms with Crippen LogP contribution < -0.4 is 5.32 Å². The van der Waals surface area contributed by atoms with Crippen LogP contribution in [0.15, 0.2) is 46.8 Å². The van der Waals surface area contributed by atoms with E-state index < -0.39 is 0 Å². The van der Waals surface area contributed by atoms with Gasteiger partial charge in [0.15, 0.2) is 5.78 Å². The first-order valence-corrected chi connectivity index (χ1v) is 10.1. The molecule has 3 aliphatic rings. The molecule has 0 aromatic heterocycles. The molecule has 2 aliphatic heterocycles. The fraction of sp³-hybridized carbons (Fsp3) is 0.478. The van der Waals surface area contributed by atoms with Crippen LogP contribution in [0.1, 0.15) is 56.1 Å². The summed E-state index contributed by atoms with van der Waals surface area (Å²) in [5.41, 5.74) is 5.09. The number of nitrogens with one attached hydrogen (secondary N) is 1. The summed E-state index contributed by atoms with van der Waals surface area (Å²) < 4.78 is 11.2. The average molecular weight is 381 g/mol. The molecule has 1 aromatic carbocycles. The van der Waals surface area contributed by atoms with Gasteiger partial charge in [-0.3, -0.25) is 4.79 Å². The number of allylic oxidation sites excluding steroid dienone is 3. The molecule has 2 heterocycles. The fourth-order valence-electron chi connectivity index (χ4n) is 4.37. The quantitative estimate of drug-likeness (QED) is 0.806. The molecule has 1 aromatic rings. The molecule has 0 radical (unpaired) electrons. The van der Waals surface area contributed by atoms with Gasteiger partial charge in [-0.1, -0.05) is 29.8 Å². The molecule has 1 aliphatic carbocycles. The van der Waals surface area contributed by atoms with Crippen LogP contribution in [0.4, 0.5) is 0 Å². The number of rotatable bonds is 4. The third-order valence-electron chi connectivity index (χ3n) is 5.83. The van der Waals surface area contributed by atoms with Crippen LogP contribution >= 0.6 is 0 Å². The van der Waals surface area contributed by atoms with Gasteiger partial charge in [0.25, 0.3) is 0 Å². The molecule has 0 bridgehead atoms. The Morgan fingerprint density at radius 3 is 2.68 bits per heavy atom. The highest BCUT2D eigenvalue weighted by atomic mass is 16.6. The maximum Gasteiger partial charge on any atom is 0.336 e. The lowest BCUT2D eigenvalue weighted by molar-refractivity contribution is -0.142. The molecule has 4 rings (SSSR count). The van der Waals surface area contributed by atoms with E-state index in [2.05, 4.69) is 5.32 Å². The Bertz CT molecular complexity index is 844. The highest BCUT2D eigenvalue weighted by Crippen LogP contribution is 2.42. The number of esters is 1. The normalized spacial score (nSPS) is 24.9. The number of dihydropyridines is 1. The van der Waals surface area contributed by atoms with Crippen LogP contribution in [-0.2, 0) is 19.1 Å². The van der Waals surface area contributed by atoms with Crippen LogP contribution in [0.5, 0.6) is 0 Å². The Hall–Kier alpha value is -2.40. The molecule has 1 saturated heterocycles. The Kier molecular flexibility index (Phi) is 5.36. The van der Waals surface area contributed by atoms with Crippen molar-refractivity contribution in [3.63, 3.8) is 0 Å². The Morgan fingerprint density at radius 1 is 1.18 bits per heavy atom. The predicted octanol–water partition coefficient (Wildman–Crippen LogP) is 3.69. The van der Waals surface area contributed by atoms with E-state index in [9.17, 15) is 9.59 Å². The molecule has 5 heteroatoms. The monoisotopic (exact) mass is 381 g/mol. The third kappa shape index (κ3) is 3.63. The summed E-state index contributed by atoms with van der Waals surface area (Å²) in [4.78, 5) is 25.9. The van der Waals surface area contributed by atoms with Crippen molar-refractivity contribution in [3.8, 4) is 0 Å². The molecule has 148 valence electrons. The van der Waals surface area contributed by atoms with Crippen molar-refractivity contribution in [1.82, 2.24) is 5.32 Å². The summed E-state index contributed by atoms with van der Waals surface area (Å²) in [5, 5.41) is 3.33. The van der Waals surface area contributed by atoms with Crippen LogP contribution in [-0.4, -0.2) is 31.1 Å². The molecule has 5 nitrogen and oxygen atoms in total. The van der Waals surface area contributed by atoms with Gasteiger partial charge in [-0.2, -0.15) is 0 Å². The van der Waals surface area contributed by atoms with Crippen LogP contribution in [0.2, 0.25) is 0 Å². The van der Waals surface area contributed by atoms with Gasteiger partial charge in [0.1, 0.15) is 6.61 Å². The van der Waals surface area contributed by atoms with Gasteiger partial charge in [-0.15, -0.1) is 0 Å². The van der Waals surface area contributed by atoms with E-state index in [0.717, 1.165) is 60.4 Å². The van der Waals surface area contributed by atoms with Crippen LogP contribution in [0.25, 0.3) is 0 Å². The topological polar surface area (TPSA) is 64.6 Å². The number of hydrogen-bond donors (Lipinski definition) is 1. The van der Waals surface area contributed by atoms with Gasteiger partial charge in [-0.05, 0) is 45.1 Å². The van der Waals surface area contributed by atoms with Gasteiger partial charge in [0.2, 0.25) is 0 Å². The standard InChI is InChI=1S/C23H27NO4/c1-14-8-10-16(11-9-14)21-20(23(26)28-13-17-5-4-12-27-17)15(2)24-18-6-3-7-19(25)22(18)21/h8-11,17,21,24H,3-7,12-13H2,1-2H3/t17-,21+/m1/s1. The zero-order valence-electron chi connectivity index (χ0n) is 16.5. The van der Waals surface area contributed by atoms with Crippen molar-refractivity contribution in [2.45, 2.75) is 58.0 Å². The van der Waals surface area contributed by atoms with E-state index in [-0.39, 0.29) is 30.4 Å². The molecule has 0 amide bonds. The molecule has 1 fully saturated rings. The largest absolute Gasteiger partial charge is 0.459 e. The summed E-state index contributed by atoms with van der Waals surface area (Å²) >= 11 is 0. The lowest BCUT2D eigenvalue weighted by atomic mass is 9.75. The molecule has 0 spiro atoms. The average Bonchev–Trinajstić information content (AvgIpc) is 3.19. The molecule has 2 atom stereocenters. The van der Waals surface area contributed by atoms with Gasteiger partial charge in [-0.25, -0.2) is 4.79 Å². The number of ketones is 1. The van der Waals surface area contributed by atoms with E-state index >= 15 is 0 Å². The van der Waals surface area contributed by atoms with E-state index in [1.807, 2.05) is 38.1 Å². The molecule has 0 saturated carbocycles. The van der Waals surface area contributed by atoms with Crippen LogP contribution in [0, 0.1) is 6.92 Å². The lowest BCUT2D eigenvalue weighted by Crippen LogP contribution is -2.35. The number of Topliss-reactive ketones (excluding diaryl/α,β-unsaturated/α-hetero) is 1. The highest BCUT2D eigenvalue weighted by molar-refractivity contribution is 6.03. The van der Waals surface area contributed by atoms with Crippen molar-refractivity contribution in [3.05, 3.63) is 57.9 Å². The van der Waals surface area contributed by atoms with Gasteiger partial charge < -0.3 is 14.8 Å². The number of aryl methyl sites for hydroxylation is 1. The third-order valence-corrected chi connectivity index (χ3v) is 5.83. The van der Waals surface area contributed by atoms with Gasteiger partial charge in [0.05, 0.1) is 11.7 Å². The van der Waals surface area contributed by atoms with Crippen molar-refractivity contribution in [1.29, 1.82) is 0 Å². The molecular weight excluding hydrogens is 354 g/mol. The number of carbonyl (C=O) groups is 2. The second-order valence-corrected chi connectivity index (χ2v) is 7.91. The Labute approximate surface area is 165 Å². The first-order chi connectivity index (χ1) is 13.5. The van der Waals surface area contributed by atoms with E-state index in [1.54, 1.807) is 0 Å². The van der Waals surface area contributed by atoms with Crippen molar-refractivity contribution < 1.29 is 19.1 Å². The van der Waals surface area contributed by atoms with E-state index in [4.69, 9.17) is 9.47 Å². The molecule has 1 N–H and O–H groups in total. The van der Waals surface area contributed by atoms with Gasteiger partial charge in [0, 0.05) is 35.9 Å². The second kappa shape index (κ2) is 7.92. The van der Waals surface area contributed by atoms with Crippen molar-refractivity contribution in [2.24, 2.45) is 0 Å². The van der Waals surface area contributed by atoms with Crippen molar-refractivity contribution in [2.75, 3.05) is 13.2 Å². The minimum atomic E-state index is -0.373. The summed E-state index contributed by atoms with van der Waals surface area (Å²) in [7, 11) is 0. The van der Waals surface area contributed by atoms with Crippen LogP contribution in [0.3, 0.4) is 0 Å². The zero-order valence-corrected chi connectivity index (χ0v) is 16.5. The SMILES string of the molecule is CC1=C(C(=O)OC[C@H]2CCCO2)[C@H](c2ccc(C)cc2)C2=C(CCCC2=O)N1. The van der Waals surface area contributed by atoms with E-state index in [1.165, 1.54) is 0 Å². The lowest BCUT2D eigenvalue weighted by Gasteiger charge is -2.34. The minimum Gasteiger partial charge on any atom is -0.459 e. The molecular formula is C23H27NO4. The summed E-state index contributed by atoms with van der Waals surface area (Å²) in [5.74, 6) is -0.617. The summed E-state index contributed by atoms with van der Waals surface area (Å²) in [6.07, 6.45) is 4.10. The highest BCUT2D eigenvalue weighted by Gasteiger charge is 2.39. The fourth-order valence-corrected chi connectivity index (χ4v) is 4.37. The first-order valence-electron chi connectivity index (χ1n) is 10.1. The summed E-state index contributed by atoms with van der Waals surface area (Å²) in [6.45, 7) is 4.91. The second-order valence-electron chi connectivity index (χ2n) is 7.91. The summed E-state index contributed by atoms with van der Waals surface area (Å²) in [6, 6.07) is 8.07. The Balaban J connectivity index is 1.68. The smallest absolute Gasteiger partial charge is 0.336 e. The number of benzene rings is 1. The zero-order chi connectivity index (χ0) is 19.7. The van der Waals surface area contributed by atoms with Crippen molar-refractivity contribution >= 4 is 11.8 Å². The predicted molar refractivity (Wildman–Crippen MR) is 106 cm³/mol. The molecule has 28 heavy (non-hydrogen) atoms. The first kappa shape index (κ1) is 18.9. The van der Waals surface area contributed by atoms with Gasteiger partial charge >= 0.3 is 5.97 Å². The number of hydrogen-bond acceptors (Lipinski definition) is 5. The maximum atomic E-state index is 13.1. The Morgan fingerprint density at radius 2 is 1.96 bits per heavy atom. The molecule has 0 unspecified atom stereocenters. The minimum absolute atomic E-state index is 0.0229. The number of carbonyl (C=O) groups excluding carboxylic acids is 2.